The number of hydrogen-bond acceptors (Lipinski definition) is 4. The molecule has 1 heterocycles. The predicted octanol–water partition coefficient (Wildman–Crippen LogP) is 4.65. The van der Waals surface area contributed by atoms with Gasteiger partial charge in [0.25, 0.3) is 0 Å². The first-order chi connectivity index (χ1) is 15.2. The van der Waals surface area contributed by atoms with Crippen molar-refractivity contribution in [3.05, 3.63) is 41.5 Å². The third-order valence-corrected chi connectivity index (χ3v) is 6.51. The number of nitrogens with one attached hydrogen (secondary N) is 1. The molecule has 5 nitrogen and oxygen atoms in total. The number of carbonyl (C=O) groups excluding carboxylic acids is 1. The molecule has 3 rings (SSSR count). The third-order valence-electron chi connectivity index (χ3n) is 6.51. The molecule has 5 heteroatoms. The van der Waals surface area contributed by atoms with Crippen LogP contribution in [0.5, 0.6) is 5.75 Å². The molecule has 1 fully saturated rings. The molecule has 1 amide bonds. The van der Waals surface area contributed by atoms with Crippen LogP contribution in [0.15, 0.2) is 30.4 Å². The molecule has 1 aliphatic heterocycles. The Bertz CT molecular complexity index is 797. The maximum atomic E-state index is 12.1. The van der Waals surface area contributed by atoms with Crippen molar-refractivity contribution in [3.63, 3.8) is 0 Å². The number of fused-ring (bicyclic) bond motifs is 3. The van der Waals surface area contributed by atoms with E-state index in [2.05, 4.69) is 30.4 Å². The number of aryl methyl sites for hydroxylation is 1. The maximum absolute atomic E-state index is 12.1. The van der Waals surface area contributed by atoms with Crippen LogP contribution >= 0.6 is 0 Å². The van der Waals surface area contributed by atoms with Gasteiger partial charge < -0.3 is 20.3 Å². The van der Waals surface area contributed by atoms with Crippen LogP contribution in [0.3, 0.4) is 0 Å². The highest BCUT2D eigenvalue weighted by atomic mass is 16.5. The summed E-state index contributed by atoms with van der Waals surface area (Å²) in [5.41, 5.74) is 2.08. The Labute approximate surface area is 193 Å². The first-order valence-corrected chi connectivity index (χ1v) is 12.3. The summed E-state index contributed by atoms with van der Waals surface area (Å²) in [6.07, 6.45) is 9.64. The zero-order valence-corrected chi connectivity index (χ0v) is 20.1. The smallest absolute Gasteiger partial charge is 0.220 e. The molecule has 0 spiro atoms. The molecule has 0 aromatic heterocycles. The normalized spacial score (nSPS) is 25.4. The second-order valence-corrected chi connectivity index (χ2v) is 10.5. The number of para-hydroxylation sites is 1. The van der Waals surface area contributed by atoms with Crippen molar-refractivity contribution >= 4 is 5.91 Å². The summed E-state index contributed by atoms with van der Waals surface area (Å²) in [7, 11) is 0. The Hall–Kier alpha value is -1.85. The zero-order chi connectivity index (χ0) is 23.3. The number of aliphatic hydroxyl groups is 2. The van der Waals surface area contributed by atoms with Crippen molar-refractivity contribution in [2.45, 2.75) is 109 Å². The van der Waals surface area contributed by atoms with E-state index < -0.39 is 12.2 Å². The SMILES string of the molecule is CCCCC[C@H](O)C=C[C@@H]1[C@H]2c3cccc(CCCC(=O)NC(C)(C)C)c3O[C@H]2C[C@H]1O. The van der Waals surface area contributed by atoms with Crippen LogP contribution in [0, 0.1) is 5.92 Å². The molecular weight excluding hydrogens is 402 g/mol. The quantitative estimate of drug-likeness (QED) is 0.363. The third kappa shape index (κ3) is 6.35. The van der Waals surface area contributed by atoms with Crippen molar-refractivity contribution in [1.29, 1.82) is 0 Å². The van der Waals surface area contributed by atoms with Gasteiger partial charge in [-0.3, -0.25) is 4.79 Å². The Morgan fingerprint density at radius 1 is 1.28 bits per heavy atom. The van der Waals surface area contributed by atoms with Crippen molar-refractivity contribution in [3.8, 4) is 5.75 Å². The number of rotatable bonds is 10. The lowest BCUT2D eigenvalue weighted by Gasteiger charge is -2.20. The molecule has 0 radical (unpaired) electrons. The van der Waals surface area contributed by atoms with Gasteiger partial charge in [0.2, 0.25) is 5.91 Å². The summed E-state index contributed by atoms with van der Waals surface area (Å²) in [4.78, 5) is 12.1. The average Bonchev–Trinajstić information content (AvgIpc) is 3.20. The van der Waals surface area contributed by atoms with Crippen LogP contribution in [-0.2, 0) is 11.2 Å². The molecule has 178 valence electrons. The van der Waals surface area contributed by atoms with Gasteiger partial charge in [-0.1, -0.05) is 56.5 Å². The van der Waals surface area contributed by atoms with Gasteiger partial charge in [-0.05, 0) is 45.6 Å². The summed E-state index contributed by atoms with van der Waals surface area (Å²) >= 11 is 0. The minimum Gasteiger partial charge on any atom is -0.489 e. The zero-order valence-electron chi connectivity index (χ0n) is 20.1. The average molecular weight is 444 g/mol. The van der Waals surface area contributed by atoms with Gasteiger partial charge in [0.15, 0.2) is 0 Å². The molecule has 2 aliphatic rings. The molecule has 3 N–H and O–H groups in total. The summed E-state index contributed by atoms with van der Waals surface area (Å²) in [6, 6.07) is 6.24. The van der Waals surface area contributed by atoms with Crippen LogP contribution < -0.4 is 10.1 Å². The standard InChI is InChI=1S/C27H41NO4/c1-5-6-7-12-19(29)15-16-20-22(30)17-23-25(20)21-13-8-10-18(26(21)32-23)11-9-14-24(31)28-27(2,3)4/h8,10,13,15-16,19-20,22-23,25,29-30H,5-7,9,11-12,14,17H2,1-4H3,(H,28,31)/t19-,20-,22+,23-,25-/m0/s1. The highest BCUT2D eigenvalue weighted by Gasteiger charge is 2.48. The summed E-state index contributed by atoms with van der Waals surface area (Å²) in [6.45, 7) is 8.13. The lowest BCUT2D eigenvalue weighted by molar-refractivity contribution is -0.122. The predicted molar refractivity (Wildman–Crippen MR) is 128 cm³/mol. The fourth-order valence-corrected chi connectivity index (χ4v) is 5.04. The van der Waals surface area contributed by atoms with E-state index in [0.717, 1.165) is 55.4 Å². The van der Waals surface area contributed by atoms with E-state index in [4.69, 9.17) is 4.74 Å². The summed E-state index contributed by atoms with van der Waals surface area (Å²) in [5.74, 6) is 1.08. The number of ether oxygens (including phenoxy) is 1. The molecule has 5 atom stereocenters. The molecule has 1 saturated carbocycles. The monoisotopic (exact) mass is 443 g/mol. The van der Waals surface area contributed by atoms with Crippen molar-refractivity contribution < 1.29 is 19.7 Å². The van der Waals surface area contributed by atoms with E-state index in [0.29, 0.717) is 12.8 Å². The number of benzene rings is 1. The van der Waals surface area contributed by atoms with Crippen LogP contribution in [-0.4, -0.2) is 40.0 Å². The second-order valence-electron chi connectivity index (χ2n) is 10.5. The minimum atomic E-state index is -0.458. The Kier molecular flexibility index (Phi) is 8.40. The van der Waals surface area contributed by atoms with Crippen LogP contribution in [0.1, 0.15) is 89.7 Å². The number of unbranched alkanes of at least 4 members (excludes halogenated alkanes) is 2. The largest absolute Gasteiger partial charge is 0.489 e. The van der Waals surface area contributed by atoms with Gasteiger partial charge in [-0.15, -0.1) is 0 Å². The lowest BCUT2D eigenvalue weighted by atomic mass is 9.86. The molecule has 1 aromatic carbocycles. The first-order valence-electron chi connectivity index (χ1n) is 12.3. The topological polar surface area (TPSA) is 78.8 Å². The van der Waals surface area contributed by atoms with E-state index in [9.17, 15) is 15.0 Å². The highest BCUT2D eigenvalue weighted by molar-refractivity contribution is 5.76. The summed E-state index contributed by atoms with van der Waals surface area (Å²) < 4.78 is 6.33. The second kappa shape index (κ2) is 10.8. The van der Waals surface area contributed by atoms with Crippen LogP contribution in [0.4, 0.5) is 0 Å². The fraction of sp³-hybridized carbons (Fsp3) is 0.667. The van der Waals surface area contributed by atoms with Gasteiger partial charge in [0.05, 0.1) is 12.2 Å². The van der Waals surface area contributed by atoms with Gasteiger partial charge in [0, 0.05) is 35.8 Å². The molecule has 1 aromatic rings. The lowest BCUT2D eigenvalue weighted by Crippen LogP contribution is -2.40. The first kappa shape index (κ1) is 24.8. The number of aliphatic hydroxyl groups excluding tert-OH is 2. The van der Waals surface area contributed by atoms with E-state index in [1.165, 1.54) is 0 Å². The van der Waals surface area contributed by atoms with Crippen LogP contribution in [0.2, 0.25) is 0 Å². The number of amides is 1. The minimum absolute atomic E-state index is 0.0303. The van der Waals surface area contributed by atoms with E-state index in [-0.39, 0.29) is 29.4 Å². The van der Waals surface area contributed by atoms with Crippen molar-refractivity contribution in [2.75, 3.05) is 0 Å². The molecule has 1 aliphatic carbocycles. The van der Waals surface area contributed by atoms with Gasteiger partial charge >= 0.3 is 0 Å². The fourth-order valence-electron chi connectivity index (χ4n) is 5.04. The van der Waals surface area contributed by atoms with E-state index in [1.54, 1.807) is 0 Å². The van der Waals surface area contributed by atoms with Crippen molar-refractivity contribution in [1.82, 2.24) is 5.32 Å². The van der Waals surface area contributed by atoms with E-state index in [1.807, 2.05) is 32.9 Å². The highest BCUT2D eigenvalue weighted by Crippen LogP contribution is 2.52. The van der Waals surface area contributed by atoms with E-state index >= 15 is 0 Å². The van der Waals surface area contributed by atoms with Gasteiger partial charge in [0.1, 0.15) is 11.9 Å². The molecule has 32 heavy (non-hydrogen) atoms. The number of carbonyl (C=O) groups is 1. The van der Waals surface area contributed by atoms with Gasteiger partial charge in [-0.2, -0.15) is 0 Å². The molecule has 0 bridgehead atoms. The Morgan fingerprint density at radius 3 is 2.78 bits per heavy atom. The Morgan fingerprint density at radius 2 is 2.06 bits per heavy atom. The van der Waals surface area contributed by atoms with Gasteiger partial charge in [-0.25, -0.2) is 0 Å². The van der Waals surface area contributed by atoms with Crippen LogP contribution in [0.25, 0.3) is 0 Å². The molecular formula is C27H41NO4. The maximum Gasteiger partial charge on any atom is 0.220 e. The molecule has 0 saturated heterocycles. The summed E-state index contributed by atoms with van der Waals surface area (Å²) in [5, 5.41) is 24.0. The molecule has 0 unspecified atom stereocenters. The Balaban J connectivity index is 1.64. The number of hydrogen-bond donors (Lipinski definition) is 3. The van der Waals surface area contributed by atoms with Crippen molar-refractivity contribution in [2.24, 2.45) is 5.92 Å².